The predicted octanol–water partition coefficient (Wildman–Crippen LogP) is -6.50. The van der Waals surface area contributed by atoms with E-state index in [0.717, 1.165) is 0 Å². The first-order chi connectivity index (χ1) is 11.0. The molecule has 0 radical (unpaired) electrons. The molecule has 0 aromatic rings. The van der Waals surface area contributed by atoms with Crippen LogP contribution in [0.25, 0.3) is 0 Å². The second-order valence-electron chi connectivity index (χ2n) is 5.30. The maximum absolute atomic E-state index is 11.7. The molecule has 0 saturated carbocycles. The average molecular weight is 356 g/mol. The lowest BCUT2D eigenvalue weighted by molar-refractivity contribution is -0.143. The highest BCUT2D eigenvalue weighted by Crippen LogP contribution is 2.11. The quantitative estimate of drug-likeness (QED) is 0.123. The third-order valence-corrected chi connectivity index (χ3v) is 3.32. The first kappa shape index (κ1) is 22.8. The van der Waals surface area contributed by atoms with Gasteiger partial charge in [-0.3, -0.25) is 9.59 Å². The molecule has 0 bridgehead atoms. The van der Waals surface area contributed by atoms with Crippen LogP contribution in [0.15, 0.2) is 0 Å². The fourth-order valence-corrected chi connectivity index (χ4v) is 1.74. The molecule has 0 saturated heterocycles. The number of nitrogens with two attached hydrogens (primary N) is 1. The molecule has 0 aromatic carbocycles. The van der Waals surface area contributed by atoms with Crippen LogP contribution in [0.5, 0.6) is 0 Å². The largest absolute Gasteiger partial charge is 0.394 e. The molecule has 12 nitrogen and oxygen atoms in total. The Morgan fingerprint density at radius 2 is 1.42 bits per heavy atom. The number of nitrogens with one attached hydrogen (secondary N) is 1. The lowest BCUT2D eigenvalue weighted by atomic mass is 9.96. The van der Waals surface area contributed by atoms with Gasteiger partial charge in [-0.15, -0.1) is 0 Å². The van der Waals surface area contributed by atoms with Crippen molar-refractivity contribution in [2.45, 2.75) is 48.7 Å². The Morgan fingerprint density at radius 3 is 1.83 bits per heavy atom. The highest BCUT2D eigenvalue weighted by molar-refractivity contribution is 5.82. The first-order valence-corrected chi connectivity index (χ1v) is 6.90. The standard InChI is InChI=1S/C12H24N2O10/c13-12(4-17,11(24)10(23)7(20)3-16)14-8(21)1-5(18)9(22)6(19)2-15/h4-7,9-11,15-16,18-20,22-24H,1-3,13H2,(H,14,21)/t5-,6-,7-,9-,10-,11-,12?/m1/s1. The van der Waals surface area contributed by atoms with Crippen LogP contribution in [0.2, 0.25) is 0 Å². The Labute approximate surface area is 136 Å². The Kier molecular flexibility index (Phi) is 9.42. The number of aliphatic hydroxyl groups excluding tert-OH is 8. The molecular weight excluding hydrogens is 332 g/mol. The summed E-state index contributed by atoms with van der Waals surface area (Å²) < 4.78 is 0. The van der Waals surface area contributed by atoms with Gasteiger partial charge in [0.05, 0.1) is 25.7 Å². The van der Waals surface area contributed by atoms with Crippen molar-refractivity contribution in [3.63, 3.8) is 0 Å². The second-order valence-corrected chi connectivity index (χ2v) is 5.30. The number of carbonyl (C=O) groups excluding carboxylic acids is 2. The number of hydrogen-bond acceptors (Lipinski definition) is 11. The Balaban J connectivity index is 4.91. The van der Waals surface area contributed by atoms with Crippen LogP contribution in [0.3, 0.4) is 0 Å². The molecule has 0 rings (SSSR count). The van der Waals surface area contributed by atoms with Crippen molar-refractivity contribution in [3.05, 3.63) is 0 Å². The van der Waals surface area contributed by atoms with E-state index in [-0.39, 0.29) is 6.29 Å². The summed E-state index contributed by atoms with van der Waals surface area (Å²) in [5.74, 6) is -1.15. The molecule has 0 aliphatic heterocycles. The van der Waals surface area contributed by atoms with E-state index < -0.39 is 67.8 Å². The summed E-state index contributed by atoms with van der Waals surface area (Å²) in [5, 5.41) is 75.7. The lowest BCUT2D eigenvalue weighted by Gasteiger charge is -2.34. The van der Waals surface area contributed by atoms with Gasteiger partial charge in [0, 0.05) is 0 Å². The summed E-state index contributed by atoms with van der Waals surface area (Å²) in [7, 11) is 0. The minimum Gasteiger partial charge on any atom is -0.394 e. The monoisotopic (exact) mass is 356 g/mol. The molecule has 7 atom stereocenters. The fourth-order valence-electron chi connectivity index (χ4n) is 1.74. The van der Waals surface area contributed by atoms with Gasteiger partial charge in [-0.25, -0.2) is 0 Å². The van der Waals surface area contributed by atoms with Crippen molar-refractivity contribution in [2.75, 3.05) is 13.2 Å². The zero-order chi connectivity index (χ0) is 19.1. The van der Waals surface area contributed by atoms with Crippen LogP contribution in [-0.2, 0) is 9.59 Å². The van der Waals surface area contributed by atoms with Gasteiger partial charge >= 0.3 is 0 Å². The zero-order valence-electron chi connectivity index (χ0n) is 12.6. The molecule has 0 aliphatic rings. The number of rotatable bonds is 11. The highest BCUT2D eigenvalue weighted by atomic mass is 16.4. The summed E-state index contributed by atoms with van der Waals surface area (Å²) in [6.45, 7) is -1.83. The van der Waals surface area contributed by atoms with E-state index in [1.54, 1.807) is 5.32 Å². The van der Waals surface area contributed by atoms with Crippen LogP contribution in [0, 0.1) is 0 Å². The number of aliphatic hydroxyl groups is 8. The molecule has 0 fully saturated rings. The van der Waals surface area contributed by atoms with Gasteiger partial charge in [-0.05, 0) is 0 Å². The normalized spacial score (nSPS) is 21.7. The van der Waals surface area contributed by atoms with Gasteiger partial charge in [-0.2, -0.15) is 0 Å². The molecule has 24 heavy (non-hydrogen) atoms. The summed E-state index contributed by atoms with van der Waals surface area (Å²) >= 11 is 0. The van der Waals surface area contributed by atoms with Gasteiger partial charge in [0.15, 0.2) is 11.9 Å². The zero-order valence-corrected chi connectivity index (χ0v) is 12.6. The number of aldehydes is 1. The third-order valence-electron chi connectivity index (χ3n) is 3.32. The van der Waals surface area contributed by atoms with Gasteiger partial charge in [-0.1, -0.05) is 0 Å². The number of carbonyl (C=O) groups is 2. The van der Waals surface area contributed by atoms with Crippen molar-refractivity contribution in [1.29, 1.82) is 0 Å². The predicted molar refractivity (Wildman–Crippen MR) is 76.0 cm³/mol. The SMILES string of the molecule is NC(C=O)(NC(=O)C[C@@H](O)[C@@H](O)[C@H](O)CO)[C@H](O)[C@H](O)[C@H](O)CO. The third kappa shape index (κ3) is 6.01. The topological polar surface area (TPSA) is 234 Å². The van der Waals surface area contributed by atoms with Crippen molar-refractivity contribution < 1.29 is 50.4 Å². The summed E-state index contributed by atoms with van der Waals surface area (Å²) in [5.41, 5.74) is 2.87. The van der Waals surface area contributed by atoms with Crippen LogP contribution < -0.4 is 11.1 Å². The van der Waals surface area contributed by atoms with E-state index in [2.05, 4.69) is 0 Å². The van der Waals surface area contributed by atoms with Crippen molar-refractivity contribution in [1.82, 2.24) is 5.32 Å². The molecular formula is C12H24N2O10. The maximum Gasteiger partial charge on any atom is 0.224 e. The van der Waals surface area contributed by atoms with E-state index in [9.17, 15) is 35.1 Å². The molecule has 142 valence electrons. The molecule has 12 heteroatoms. The molecule has 0 aromatic heterocycles. The molecule has 11 N–H and O–H groups in total. The van der Waals surface area contributed by atoms with Crippen LogP contribution >= 0.6 is 0 Å². The molecule has 1 unspecified atom stereocenters. The van der Waals surface area contributed by atoms with Crippen molar-refractivity contribution in [2.24, 2.45) is 5.73 Å². The fraction of sp³-hybridized carbons (Fsp3) is 0.833. The van der Waals surface area contributed by atoms with E-state index in [0.29, 0.717) is 0 Å². The van der Waals surface area contributed by atoms with Gasteiger partial charge in [0.1, 0.15) is 30.5 Å². The number of amides is 1. The first-order valence-electron chi connectivity index (χ1n) is 6.90. The molecule has 0 aliphatic carbocycles. The Morgan fingerprint density at radius 1 is 0.958 bits per heavy atom. The van der Waals surface area contributed by atoms with Crippen LogP contribution in [0.4, 0.5) is 0 Å². The summed E-state index contributed by atoms with van der Waals surface area (Å²) in [6, 6.07) is 0. The van der Waals surface area contributed by atoms with Gasteiger partial charge in [0.25, 0.3) is 0 Å². The van der Waals surface area contributed by atoms with Crippen LogP contribution in [0.1, 0.15) is 6.42 Å². The summed E-state index contributed by atoms with van der Waals surface area (Å²) in [6.07, 6.45) is -12.5. The molecule has 0 heterocycles. The molecule has 0 spiro atoms. The molecule has 1 amide bonds. The maximum atomic E-state index is 11.7. The minimum atomic E-state index is -2.56. The highest BCUT2D eigenvalue weighted by Gasteiger charge is 2.42. The second kappa shape index (κ2) is 9.93. The van der Waals surface area contributed by atoms with Crippen molar-refractivity contribution >= 4 is 12.2 Å². The summed E-state index contributed by atoms with van der Waals surface area (Å²) in [4.78, 5) is 22.8. The minimum absolute atomic E-state index is 0.131. The van der Waals surface area contributed by atoms with Gasteiger partial charge in [0.2, 0.25) is 5.91 Å². The van der Waals surface area contributed by atoms with Crippen molar-refractivity contribution in [3.8, 4) is 0 Å². The Bertz CT molecular complexity index is 411. The van der Waals surface area contributed by atoms with Crippen LogP contribution in [-0.4, -0.2) is 109 Å². The smallest absolute Gasteiger partial charge is 0.224 e. The number of hydrogen-bond donors (Lipinski definition) is 10. The van der Waals surface area contributed by atoms with E-state index in [4.69, 9.17) is 21.1 Å². The van der Waals surface area contributed by atoms with Gasteiger partial charge < -0.3 is 51.9 Å². The average Bonchev–Trinajstić information content (AvgIpc) is 2.57. The van der Waals surface area contributed by atoms with E-state index in [1.165, 1.54) is 0 Å². The lowest BCUT2D eigenvalue weighted by Crippen LogP contribution is -2.69. The van der Waals surface area contributed by atoms with E-state index in [1.807, 2.05) is 0 Å². The Hall–Kier alpha value is -1.22. The van der Waals surface area contributed by atoms with E-state index >= 15 is 0 Å².